The molecule has 0 heterocycles. The van der Waals surface area contributed by atoms with Crippen LogP contribution < -0.4 is 5.32 Å². The monoisotopic (exact) mass is 227 g/mol. The zero-order chi connectivity index (χ0) is 12.0. The van der Waals surface area contributed by atoms with Crippen LogP contribution in [0, 0.1) is 5.92 Å². The van der Waals surface area contributed by atoms with Gasteiger partial charge in [0, 0.05) is 13.2 Å². The average molecular weight is 227 g/mol. The van der Waals surface area contributed by atoms with Gasteiger partial charge in [-0.25, -0.2) is 0 Å². The van der Waals surface area contributed by atoms with Crippen LogP contribution in [-0.2, 0) is 4.74 Å². The summed E-state index contributed by atoms with van der Waals surface area (Å²) in [4.78, 5) is 0. The molecule has 0 bridgehead atoms. The summed E-state index contributed by atoms with van der Waals surface area (Å²) >= 11 is 0. The molecule has 16 heavy (non-hydrogen) atoms. The first-order valence-electron chi connectivity index (χ1n) is 6.96. The first kappa shape index (κ1) is 14.0. The molecule has 2 nitrogen and oxygen atoms in total. The van der Waals surface area contributed by atoms with Gasteiger partial charge in [0.25, 0.3) is 0 Å². The van der Waals surface area contributed by atoms with Gasteiger partial charge in [-0.3, -0.25) is 0 Å². The first-order valence-corrected chi connectivity index (χ1v) is 6.96. The minimum absolute atomic E-state index is 0.00414. The highest BCUT2D eigenvalue weighted by Crippen LogP contribution is 2.35. The summed E-state index contributed by atoms with van der Waals surface area (Å²) in [5, 5.41) is 3.73. The van der Waals surface area contributed by atoms with Crippen molar-refractivity contribution < 1.29 is 4.74 Å². The van der Waals surface area contributed by atoms with E-state index in [1.165, 1.54) is 32.1 Å². The molecule has 1 aliphatic rings. The van der Waals surface area contributed by atoms with E-state index in [4.69, 9.17) is 4.74 Å². The van der Waals surface area contributed by atoms with Crippen LogP contribution in [-0.4, -0.2) is 25.3 Å². The van der Waals surface area contributed by atoms with E-state index in [1.807, 2.05) is 7.11 Å². The Balaban J connectivity index is 2.67. The van der Waals surface area contributed by atoms with Gasteiger partial charge in [0.15, 0.2) is 0 Å². The Labute approximate surface area is 101 Å². The molecule has 96 valence electrons. The lowest BCUT2D eigenvalue weighted by atomic mass is 9.82. The molecule has 0 aliphatic heterocycles. The standard InChI is InChI=1S/C14H29NO/c1-5-11-15-13(12-9-7-8-10-12)14(3,6-2)16-4/h12-13,15H,5-11H2,1-4H3. The Morgan fingerprint density at radius 1 is 1.31 bits per heavy atom. The topological polar surface area (TPSA) is 21.3 Å². The Bertz CT molecular complexity index is 183. The zero-order valence-electron chi connectivity index (χ0n) is 11.5. The van der Waals surface area contributed by atoms with Crippen LogP contribution in [0.15, 0.2) is 0 Å². The van der Waals surface area contributed by atoms with Gasteiger partial charge in [0.2, 0.25) is 0 Å². The number of hydrogen-bond acceptors (Lipinski definition) is 2. The van der Waals surface area contributed by atoms with Gasteiger partial charge >= 0.3 is 0 Å². The van der Waals surface area contributed by atoms with E-state index in [0.29, 0.717) is 6.04 Å². The molecule has 0 saturated heterocycles. The number of hydrogen-bond donors (Lipinski definition) is 1. The van der Waals surface area contributed by atoms with Crippen molar-refractivity contribution in [2.75, 3.05) is 13.7 Å². The molecule has 2 atom stereocenters. The number of methoxy groups -OCH3 is 1. The lowest BCUT2D eigenvalue weighted by Gasteiger charge is -2.40. The van der Waals surface area contributed by atoms with E-state index in [1.54, 1.807) is 0 Å². The molecule has 1 rings (SSSR count). The van der Waals surface area contributed by atoms with Crippen molar-refractivity contribution in [2.45, 2.75) is 70.9 Å². The zero-order valence-corrected chi connectivity index (χ0v) is 11.5. The Morgan fingerprint density at radius 2 is 1.94 bits per heavy atom. The predicted octanol–water partition coefficient (Wildman–Crippen LogP) is 3.36. The van der Waals surface area contributed by atoms with Gasteiger partial charge in [-0.15, -0.1) is 0 Å². The molecule has 1 saturated carbocycles. The summed E-state index contributed by atoms with van der Waals surface area (Å²) in [6.45, 7) is 7.84. The lowest BCUT2D eigenvalue weighted by molar-refractivity contribution is -0.0447. The maximum Gasteiger partial charge on any atom is 0.0803 e. The van der Waals surface area contributed by atoms with Crippen molar-refractivity contribution in [1.29, 1.82) is 0 Å². The third-order valence-corrected chi connectivity index (χ3v) is 4.31. The van der Waals surface area contributed by atoms with Crippen LogP contribution in [0.2, 0.25) is 0 Å². The van der Waals surface area contributed by atoms with Crippen molar-refractivity contribution in [2.24, 2.45) is 5.92 Å². The second-order valence-electron chi connectivity index (χ2n) is 5.35. The molecule has 0 aromatic heterocycles. The Morgan fingerprint density at radius 3 is 2.38 bits per heavy atom. The molecule has 0 aromatic carbocycles. The highest BCUT2D eigenvalue weighted by atomic mass is 16.5. The highest BCUT2D eigenvalue weighted by Gasteiger charge is 2.38. The van der Waals surface area contributed by atoms with E-state index in [-0.39, 0.29) is 5.60 Å². The van der Waals surface area contributed by atoms with Gasteiger partial charge in [0.05, 0.1) is 5.60 Å². The van der Waals surface area contributed by atoms with Crippen molar-refractivity contribution in [3.63, 3.8) is 0 Å². The Hall–Kier alpha value is -0.0800. The average Bonchev–Trinajstić information content (AvgIpc) is 2.82. The van der Waals surface area contributed by atoms with Gasteiger partial charge in [-0.05, 0) is 45.1 Å². The molecular formula is C14H29NO. The summed E-state index contributed by atoms with van der Waals surface area (Å²) in [6.07, 6.45) is 7.84. The molecule has 0 aromatic rings. The minimum Gasteiger partial charge on any atom is -0.377 e. The maximum absolute atomic E-state index is 5.80. The summed E-state index contributed by atoms with van der Waals surface area (Å²) in [5.74, 6) is 0.816. The molecule has 0 amide bonds. The lowest BCUT2D eigenvalue weighted by Crippen LogP contribution is -2.53. The quantitative estimate of drug-likeness (QED) is 0.720. The molecule has 2 unspecified atom stereocenters. The van der Waals surface area contributed by atoms with Crippen LogP contribution in [0.1, 0.15) is 59.3 Å². The fourth-order valence-corrected chi connectivity index (χ4v) is 2.96. The smallest absolute Gasteiger partial charge is 0.0803 e. The molecule has 1 fully saturated rings. The maximum atomic E-state index is 5.80. The molecule has 1 N–H and O–H groups in total. The molecule has 2 heteroatoms. The third-order valence-electron chi connectivity index (χ3n) is 4.31. The van der Waals surface area contributed by atoms with E-state index in [9.17, 15) is 0 Å². The largest absolute Gasteiger partial charge is 0.377 e. The number of rotatable bonds is 7. The number of nitrogens with one attached hydrogen (secondary N) is 1. The molecular weight excluding hydrogens is 198 g/mol. The summed E-state index contributed by atoms with van der Waals surface area (Å²) in [7, 11) is 1.86. The second-order valence-corrected chi connectivity index (χ2v) is 5.35. The molecule has 0 spiro atoms. The van der Waals surface area contributed by atoms with Crippen LogP contribution >= 0.6 is 0 Å². The number of ether oxygens (including phenoxy) is 1. The fourth-order valence-electron chi connectivity index (χ4n) is 2.96. The summed E-state index contributed by atoms with van der Waals surface area (Å²) in [5.41, 5.74) is 0.00414. The first-order chi connectivity index (χ1) is 7.68. The molecule has 0 radical (unpaired) electrons. The van der Waals surface area contributed by atoms with Crippen LogP contribution in [0.25, 0.3) is 0 Å². The summed E-state index contributed by atoms with van der Waals surface area (Å²) in [6, 6.07) is 0.532. The van der Waals surface area contributed by atoms with Gasteiger partial charge in [0.1, 0.15) is 0 Å². The minimum atomic E-state index is 0.00414. The van der Waals surface area contributed by atoms with Gasteiger partial charge < -0.3 is 10.1 Å². The Kier molecular flexibility index (Phi) is 5.77. The van der Waals surface area contributed by atoms with E-state index in [0.717, 1.165) is 18.9 Å². The van der Waals surface area contributed by atoms with E-state index in [2.05, 4.69) is 26.1 Å². The van der Waals surface area contributed by atoms with Crippen molar-refractivity contribution in [1.82, 2.24) is 5.32 Å². The van der Waals surface area contributed by atoms with Gasteiger partial charge in [-0.2, -0.15) is 0 Å². The predicted molar refractivity (Wildman–Crippen MR) is 69.7 cm³/mol. The fraction of sp³-hybridized carbons (Fsp3) is 1.00. The highest BCUT2D eigenvalue weighted by molar-refractivity contribution is 4.94. The van der Waals surface area contributed by atoms with E-state index >= 15 is 0 Å². The normalized spacial score (nSPS) is 23.2. The van der Waals surface area contributed by atoms with Crippen LogP contribution in [0.5, 0.6) is 0 Å². The van der Waals surface area contributed by atoms with Gasteiger partial charge in [-0.1, -0.05) is 26.7 Å². The second kappa shape index (κ2) is 6.61. The van der Waals surface area contributed by atoms with Crippen LogP contribution in [0.3, 0.4) is 0 Å². The van der Waals surface area contributed by atoms with Crippen molar-refractivity contribution >= 4 is 0 Å². The third kappa shape index (κ3) is 3.21. The van der Waals surface area contributed by atoms with E-state index < -0.39 is 0 Å². The van der Waals surface area contributed by atoms with Crippen molar-refractivity contribution in [3.05, 3.63) is 0 Å². The van der Waals surface area contributed by atoms with Crippen molar-refractivity contribution in [3.8, 4) is 0 Å². The van der Waals surface area contributed by atoms with Crippen LogP contribution in [0.4, 0.5) is 0 Å². The molecule has 1 aliphatic carbocycles. The SMILES string of the molecule is CCCNC(C1CCCC1)C(C)(CC)OC. The summed E-state index contributed by atoms with van der Waals surface area (Å²) < 4.78 is 5.80.